The second-order valence-corrected chi connectivity index (χ2v) is 25.2. The van der Waals surface area contributed by atoms with Crippen LogP contribution in [0.4, 0.5) is 0 Å². The molecule has 2 N–H and O–H groups in total. The maximum Gasteiger partial charge on any atom is 0.553 e. The molecule has 8 heteroatoms. The number of aromatic amines is 2. The number of H-pyrrole nitrogens is 2. The van der Waals surface area contributed by atoms with E-state index < -0.39 is 5.91 Å². The number of nitrogens with zero attached hydrogens (tertiary/aromatic N) is 6. The first kappa shape index (κ1) is 54.5. The van der Waals surface area contributed by atoms with E-state index in [1.165, 1.54) is 112 Å². The molecule has 17 rings (SSSR count). The van der Waals surface area contributed by atoms with Gasteiger partial charge in [-0.05, 0) is 182 Å². The van der Waals surface area contributed by atoms with E-state index in [0.717, 1.165) is 118 Å². The largest absolute Gasteiger partial charge is 0.553 e. The van der Waals surface area contributed by atoms with Gasteiger partial charge in [-0.1, -0.05) is 160 Å². The van der Waals surface area contributed by atoms with Gasteiger partial charge in [0.2, 0.25) is 22.8 Å². The summed E-state index contributed by atoms with van der Waals surface area (Å²) in [5, 5.41) is 2.56. The second-order valence-electron chi connectivity index (χ2n) is 25.2. The molecule has 0 radical (unpaired) electrons. The van der Waals surface area contributed by atoms with E-state index >= 15 is 0 Å². The van der Waals surface area contributed by atoms with Gasteiger partial charge in [-0.15, -0.1) is 0 Å². The van der Waals surface area contributed by atoms with E-state index in [4.69, 9.17) is 9.97 Å². The maximum atomic E-state index is 5.21. The number of aryl methyl sites for hydroxylation is 5. The van der Waals surface area contributed by atoms with Crippen LogP contribution in [0.15, 0.2) is 187 Å². The SMILES string of the molecule is CCCc1cccc(-c2c3nc(c(C)c4nc(c(-c5cccc(CCC)c5)c5ccc([nH]5)c(C)c5ccc2[nH]5)C=C4)C=C3)c1.CCCc1cccc(C2=C3C=CC4=[N+]3C35n6c2ccc6C(C)=c2ccc(n23)=C(c2cccc(CCC)c2)C2=[N+]5C(=C4C)C=C2)c1. The Morgan fingerprint density at radius 3 is 1.38 bits per heavy atom. The van der Waals surface area contributed by atoms with Gasteiger partial charge in [0.1, 0.15) is 0 Å². The number of fused-ring (bicyclic) bond motifs is 8. The molecule has 1 spiro atoms. The minimum atomic E-state index is -0.626. The minimum Gasteiger partial charge on any atom is -0.355 e. The number of hydrogen-bond donors (Lipinski definition) is 2. The molecule has 8 aliphatic heterocycles. The molecular weight excluding hydrogens is 1080 g/mol. The summed E-state index contributed by atoms with van der Waals surface area (Å²) >= 11 is 0. The standard InChI is InChI=1S/C41H36N4.C40H38N4/c1-5-9-27-11-7-13-29(23-27)39-35-19-15-31-25(3)33-17-21-37-40(30-14-8-12-28(24-30)10-6-2)38-22-18-34-26(4)32-16-20-36(39)43(32)41(42(31)35,44(33)37)45(34)38;1-5-9-27-11-7-13-29(23-27)39-35-19-15-31(41-35)25(3)33-17-21-37(43-33)40(30-14-8-12-28(24-30)10-6-2)38-22-18-34(44-38)26(4)32-16-20-36(39)42-32/h7-8,11-24H,5-6,9-10H2,1-4H3;7-8,11-24,41,43H,5-6,9-10H2,1-4H3/q+2;. The first-order chi connectivity index (χ1) is 43.6. The smallest absolute Gasteiger partial charge is 0.355 e. The van der Waals surface area contributed by atoms with Crippen molar-refractivity contribution in [2.75, 3.05) is 0 Å². The highest BCUT2D eigenvalue weighted by molar-refractivity contribution is 6.28. The fourth-order valence-electron chi connectivity index (χ4n) is 15.5. The van der Waals surface area contributed by atoms with Gasteiger partial charge in [-0.3, -0.25) is 0 Å². The zero-order valence-electron chi connectivity index (χ0n) is 52.3. The van der Waals surface area contributed by atoms with Gasteiger partial charge in [0.05, 0.1) is 61.6 Å². The van der Waals surface area contributed by atoms with E-state index in [-0.39, 0.29) is 0 Å². The van der Waals surface area contributed by atoms with Crippen molar-refractivity contribution in [1.29, 1.82) is 0 Å². The predicted octanol–water partition coefficient (Wildman–Crippen LogP) is 16.7. The van der Waals surface area contributed by atoms with Gasteiger partial charge in [0, 0.05) is 63.1 Å². The number of hydrogen-bond acceptors (Lipinski definition) is 2. The summed E-state index contributed by atoms with van der Waals surface area (Å²) in [6.45, 7) is 17.9. The fraction of sp³-hybridized carbons (Fsp3) is 0.210. The molecule has 0 saturated carbocycles. The van der Waals surface area contributed by atoms with Crippen molar-refractivity contribution in [2.24, 2.45) is 0 Å². The fourth-order valence-corrected chi connectivity index (χ4v) is 15.5. The van der Waals surface area contributed by atoms with Crippen molar-refractivity contribution in [2.45, 2.75) is 113 Å². The maximum absolute atomic E-state index is 5.21. The Kier molecular flexibility index (Phi) is 12.9. The van der Waals surface area contributed by atoms with Gasteiger partial charge in [0.15, 0.2) is 0 Å². The molecule has 8 nitrogen and oxygen atoms in total. The van der Waals surface area contributed by atoms with E-state index in [0.29, 0.717) is 0 Å². The molecule has 0 aliphatic carbocycles. The average Bonchev–Trinajstić information content (AvgIpc) is 1.34. The molecule has 89 heavy (non-hydrogen) atoms. The zero-order chi connectivity index (χ0) is 60.4. The molecule has 8 aliphatic rings. The highest BCUT2D eigenvalue weighted by atomic mass is 15.6. The molecular formula is C81H74N8+2. The summed E-state index contributed by atoms with van der Waals surface area (Å²) < 4.78 is 10.6. The first-order valence-electron chi connectivity index (χ1n) is 32.4. The van der Waals surface area contributed by atoms with Crippen molar-refractivity contribution in [3.63, 3.8) is 0 Å². The van der Waals surface area contributed by atoms with Crippen molar-refractivity contribution < 1.29 is 9.15 Å². The predicted molar refractivity (Wildman–Crippen MR) is 368 cm³/mol. The molecule has 13 heterocycles. The highest BCUT2D eigenvalue weighted by Crippen LogP contribution is 2.51. The minimum absolute atomic E-state index is 0.626. The van der Waals surface area contributed by atoms with E-state index in [9.17, 15) is 0 Å². The van der Waals surface area contributed by atoms with Crippen LogP contribution in [0.2, 0.25) is 0 Å². The Hall–Kier alpha value is -9.92. The van der Waals surface area contributed by atoms with Gasteiger partial charge in [0.25, 0.3) is 0 Å². The van der Waals surface area contributed by atoms with Crippen LogP contribution in [0.3, 0.4) is 0 Å². The van der Waals surface area contributed by atoms with Crippen LogP contribution in [-0.2, 0) is 31.6 Å². The van der Waals surface area contributed by atoms with Crippen LogP contribution in [0.1, 0.15) is 146 Å². The number of rotatable bonds is 12. The summed E-state index contributed by atoms with van der Waals surface area (Å²) in [5.74, 6) is -0.626. The Bertz CT molecular complexity index is 5020. The zero-order valence-corrected chi connectivity index (χ0v) is 52.3. The summed E-state index contributed by atoms with van der Waals surface area (Å²) in [4.78, 5) is 17.9. The van der Waals surface area contributed by atoms with Crippen LogP contribution in [0, 0.1) is 13.8 Å². The third kappa shape index (κ3) is 8.25. The average molecular weight is 1160 g/mol. The van der Waals surface area contributed by atoms with Crippen molar-refractivity contribution in [3.8, 4) is 22.3 Å². The topological polar surface area (TPSA) is 73.2 Å². The number of aromatic nitrogens is 6. The highest BCUT2D eigenvalue weighted by Gasteiger charge is 2.72. The first-order valence-corrected chi connectivity index (χ1v) is 32.4. The molecule has 0 fully saturated rings. The Morgan fingerprint density at radius 1 is 0.382 bits per heavy atom. The molecule has 1 unspecified atom stereocenters. The van der Waals surface area contributed by atoms with Crippen LogP contribution >= 0.6 is 0 Å². The summed E-state index contributed by atoms with van der Waals surface area (Å²) in [7, 11) is 0. The molecule has 4 aromatic carbocycles. The number of benzene rings is 4. The van der Waals surface area contributed by atoms with Gasteiger partial charge >= 0.3 is 5.91 Å². The Balaban J connectivity index is 0.000000143. The van der Waals surface area contributed by atoms with Crippen LogP contribution < -0.4 is 10.7 Å². The number of allylic oxidation sites excluding steroid dienone is 5. The summed E-state index contributed by atoms with van der Waals surface area (Å²) in [6.07, 6.45) is 26.8. The van der Waals surface area contributed by atoms with Crippen molar-refractivity contribution in [3.05, 3.63) is 276 Å². The normalized spacial score (nSPS) is 16.8. The molecule has 5 aromatic heterocycles. The molecule has 9 aromatic rings. The lowest BCUT2D eigenvalue weighted by Gasteiger charge is -2.40. The van der Waals surface area contributed by atoms with Crippen molar-refractivity contribution >= 4 is 74.5 Å². The lowest BCUT2D eigenvalue weighted by molar-refractivity contribution is -0.837. The number of nitrogens with one attached hydrogen (secondary N) is 2. The molecule has 0 saturated heterocycles. The monoisotopic (exact) mass is 1160 g/mol. The van der Waals surface area contributed by atoms with Crippen LogP contribution in [0.5, 0.6) is 0 Å². The Morgan fingerprint density at radius 2 is 0.831 bits per heavy atom. The third-order valence-electron chi connectivity index (χ3n) is 19.6. The van der Waals surface area contributed by atoms with Crippen LogP contribution in [-0.4, -0.2) is 49.6 Å². The lowest BCUT2D eigenvalue weighted by atomic mass is 9.93. The van der Waals surface area contributed by atoms with E-state index in [1.54, 1.807) is 0 Å². The van der Waals surface area contributed by atoms with Crippen LogP contribution in [0.25, 0.3) is 85.3 Å². The van der Waals surface area contributed by atoms with Crippen molar-refractivity contribution in [1.82, 2.24) is 29.1 Å². The molecule has 1 atom stereocenters. The van der Waals surface area contributed by atoms with Gasteiger partial charge < -0.3 is 9.97 Å². The molecule has 8 bridgehead atoms. The van der Waals surface area contributed by atoms with Gasteiger partial charge in [-0.2, -0.15) is 9.13 Å². The quantitative estimate of drug-likeness (QED) is 0.120. The molecule has 0 amide bonds. The van der Waals surface area contributed by atoms with E-state index in [2.05, 4.69) is 278 Å². The van der Waals surface area contributed by atoms with E-state index in [1.807, 2.05) is 0 Å². The molecule has 436 valence electrons. The second kappa shape index (κ2) is 21.2. The summed E-state index contributed by atoms with van der Waals surface area (Å²) in [5.41, 5.74) is 35.9. The third-order valence-corrected chi connectivity index (χ3v) is 19.6. The van der Waals surface area contributed by atoms with Gasteiger partial charge in [-0.25, -0.2) is 9.97 Å². The summed E-state index contributed by atoms with van der Waals surface area (Å²) in [6, 6.07) is 54.5. The Labute approximate surface area is 521 Å². The lowest BCUT2D eigenvalue weighted by Crippen LogP contribution is -2.71.